The molecule has 1 amide bonds. The topological polar surface area (TPSA) is 75.4 Å². The van der Waals surface area contributed by atoms with E-state index in [9.17, 15) is 4.79 Å². The van der Waals surface area contributed by atoms with Crippen molar-refractivity contribution in [1.29, 1.82) is 0 Å². The maximum absolute atomic E-state index is 12.8. The van der Waals surface area contributed by atoms with Gasteiger partial charge in [0.2, 0.25) is 0 Å². The van der Waals surface area contributed by atoms with E-state index < -0.39 is 0 Å². The molecular weight excluding hydrogens is 318 g/mol. The Labute approximate surface area is 145 Å². The number of rotatable bonds is 3. The summed E-state index contributed by atoms with van der Waals surface area (Å²) in [5.41, 5.74) is 1.89. The van der Waals surface area contributed by atoms with Gasteiger partial charge in [-0.1, -0.05) is 18.1 Å². The zero-order chi connectivity index (χ0) is 17.2. The Hall–Kier alpha value is -2.96. The quantitative estimate of drug-likeness (QED) is 0.729. The van der Waals surface area contributed by atoms with Crippen LogP contribution in [0.25, 0.3) is 11.1 Å². The summed E-state index contributed by atoms with van der Waals surface area (Å²) in [6, 6.07) is 7.71. The molecule has 0 atom stereocenters. The van der Waals surface area contributed by atoms with Gasteiger partial charge in [0.25, 0.3) is 11.6 Å². The van der Waals surface area contributed by atoms with Gasteiger partial charge in [-0.3, -0.25) is 4.79 Å². The van der Waals surface area contributed by atoms with E-state index >= 15 is 0 Å². The Morgan fingerprint density at radius 2 is 2.04 bits per heavy atom. The van der Waals surface area contributed by atoms with Gasteiger partial charge in [0.05, 0.1) is 16.6 Å². The molecule has 1 aliphatic rings. The summed E-state index contributed by atoms with van der Waals surface area (Å²) in [6.45, 7) is 4.87. The van der Waals surface area contributed by atoms with Crippen molar-refractivity contribution in [2.45, 2.75) is 13.3 Å². The first-order valence-electron chi connectivity index (χ1n) is 8.46. The van der Waals surface area contributed by atoms with Crippen molar-refractivity contribution in [3.63, 3.8) is 0 Å². The number of hydrogen-bond donors (Lipinski definition) is 0. The van der Waals surface area contributed by atoms with E-state index in [0.29, 0.717) is 24.4 Å². The molecule has 0 saturated carbocycles. The summed E-state index contributed by atoms with van der Waals surface area (Å²) >= 11 is 0. The minimum Gasteiger partial charge on any atom is -0.353 e. The first-order valence-corrected chi connectivity index (χ1v) is 8.46. The molecule has 3 aromatic rings. The second-order valence-electron chi connectivity index (χ2n) is 6.03. The van der Waals surface area contributed by atoms with E-state index in [4.69, 9.17) is 4.52 Å². The average molecular weight is 337 g/mol. The first kappa shape index (κ1) is 15.6. The number of aromatic nitrogens is 3. The number of carbonyl (C=O) groups excluding carboxylic acids is 1. The van der Waals surface area contributed by atoms with E-state index in [0.717, 1.165) is 36.4 Å². The highest BCUT2D eigenvalue weighted by atomic mass is 16.5. The molecule has 0 aromatic carbocycles. The van der Waals surface area contributed by atoms with Crippen LogP contribution in [0.15, 0.2) is 41.2 Å². The zero-order valence-electron chi connectivity index (χ0n) is 14.1. The number of hydrogen-bond acceptors (Lipinski definition) is 6. The van der Waals surface area contributed by atoms with Crippen molar-refractivity contribution in [2.24, 2.45) is 0 Å². The van der Waals surface area contributed by atoms with Gasteiger partial charge in [-0.15, -0.1) is 0 Å². The fourth-order valence-electron chi connectivity index (χ4n) is 3.11. The Balaban J connectivity index is 1.49. The molecule has 4 heterocycles. The largest absolute Gasteiger partial charge is 0.353 e. The Bertz CT molecular complexity index is 885. The molecule has 25 heavy (non-hydrogen) atoms. The molecule has 7 nitrogen and oxygen atoms in total. The summed E-state index contributed by atoms with van der Waals surface area (Å²) in [7, 11) is 0. The lowest BCUT2D eigenvalue weighted by Gasteiger charge is -2.35. The van der Waals surface area contributed by atoms with E-state index in [1.54, 1.807) is 12.4 Å². The maximum atomic E-state index is 12.8. The van der Waals surface area contributed by atoms with Crippen LogP contribution < -0.4 is 4.90 Å². The van der Waals surface area contributed by atoms with Gasteiger partial charge in [0.1, 0.15) is 5.82 Å². The van der Waals surface area contributed by atoms with Crippen LogP contribution in [-0.4, -0.2) is 52.1 Å². The number of aryl methyl sites for hydroxylation is 1. The minimum atomic E-state index is -0.00155. The van der Waals surface area contributed by atoms with Crippen LogP contribution in [0.3, 0.4) is 0 Å². The Morgan fingerprint density at radius 3 is 2.76 bits per heavy atom. The van der Waals surface area contributed by atoms with Crippen molar-refractivity contribution < 1.29 is 9.32 Å². The number of fused-ring (bicyclic) bond motifs is 1. The van der Waals surface area contributed by atoms with Gasteiger partial charge in [-0.2, -0.15) is 0 Å². The van der Waals surface area contributed by atoms with Crippen LogP contribution in [0.4, 0.5) is 5.82 Å². The van der Waals surface area contributed by atoms with E-state index in [1.807, 2.05) is 36.1 Å². The van der Waals surface area contributed by atoms with Crippen molar-refractivity contribution in [2.75, 3.05) is 31.1 Å². The van der Waals surface area contributed by atoms with E-state index in [2.05, 4.69) is 20.0 Å². The fourth-order valence-corrected chi connectivity index (χ4v) is 3.11. The van der Waals surface area contributed by atoms with Gasteiger partial charge >= 0.3 is 0 Å². The number of piperazine rings is 1. The highest BCUT2D eigenvalue weighted by molar-refractivity contribution is 5.97. The molecule has 1 aliphatic heterocycles. The van der Waals surface area contributed by atoms with Crippen molar-refractivity contribution in [3.05, 3.63) is 47.9 Å². The molecule has 3 aromatic heterocycles. The van der Waals surface area contributed by atoms with Crippen LogP contribution in [0, 0.1) is 0 Å². The first-order chi connectivity index (χ1) is 12.3. The number of amides is 1. The Morgan fingerprint density at radius 1 is 1.20 bits per heavy atom. The molecule has 0 spiro atoms. The lowest BCUT2D eigenvalue weighted by atomic mass is 10.1. The smallest absolute Gasteiger partial charge is 0.257 e. The van der Waals surface area contributed by atoms with Crippen LogP contribution in [0.5, 0.6) is 0 Å². The SMILES string of the molecule is CCc1noc2ncc(C(=O)N3CCN(c4ccccn4)CC3)cc12. The van der Waals surface area contributed by atoms with E-state index in [-0.39, 0.29) is 5.91 Å². The molecule has 7 heteroatoms. The second kappa shape index (κ2) is 6.51. The highest BCUT2D eigenvalue weighted by Crippen LogP contribution is 2.20. The van der Waals surface area contributed by atoms with Crippen molar-refractivity contribution in [3.8, 4) is 0 Å². The Kier molecular flexibility index (Phi) is 4.05. The number of carbonyl (C=O) groups is 1. The molecule has 0 aliphatic carbocycles. The monoisotopic (exact) mass is 337 g/mol. The van der Waals surface area contributed by atoms with Gasteiger partial charge in [0, 0.05) is 38.6 Å². The molecule has 1 saturated heterocycles. The third-order valence-electron chi connectivity index (χ3n) is 4.53. The number of nitrogens with zero attached hydrogens (tertiary/aromatic N) is 5. The minimum absolute atomic E-state index is 0.00155. The maximum Gasteiger partial charge on any atom is 0.257 e. The lowest BCUT2D eigenvalue weighted by molar-refractivity contribution is 0.0746. The predicted molar refractivity (Wildman–Crippen MR) is 93.5 cm³/mol. The normalized spacial score (nSPS) is 14.9. The fraction of sp³-hybridized carbons (Fsp3) is 0.333. The van der Waals surface area contributed by atoms with Crippen molar-refractivity contribution in [1.82, 2.24) is 20.0 Å². The third-order valence-corrected chi connectivity index (χ3v) is 4.53. The van der Waals surface area contributed by atoms with Crippen LogP contribution in [0.1, 0.15) is 23.0 Å². The zero-order valence-corrected chi connectivity index (χ0v) is 14.1. The highest BCUT2D eigenvalue weighted by Gasteiger charge is 2.23. The summed E-state index contributed by atoms with van der Waals surface area (Å²) in [5, 5.41) is 4.81. The molecule has 0 bridgehead atoms. The lowest BCUT2D eigenvalue weighted by Crippen LogP contribution is -2.49. The molecule has 1 fully saturated rings. The number of anilines is 1. The van der Waals surface area contributed by atoms with Gasteiger partial charge in [-0.25, -0.2) is 9.97 Å². The van der Waals surface area contributed by atoms with Gasteiger partial charge < -0.3 is 14.3 Å². The molecule has 0 unspecified atom stereocenters. The molecule has 0 radical (unpaired) electrons. The van der Waals surface area contributed by atoms with Crippen LogP contribution in [0.2, 0.25) is 0 Å². The summed E-state index contributed by atoms with van der Waals surface area (Å²) in [6.07, 6.45) is 4.10. The predicted octanol–water partition coefficient (Wildman–Crippen LogP) is 2.14. The molecule has 4 rings (SSSR count). The summed E-state index contributed by atoms with van der Waals surface area (Å²) in [4.78, 5) is 25.5. The van der Waals surface area contributed by atoms with E-state index in [1.165, 1.54) is 0 Å². The van der Waals surface area contributed by atoms with Crippen LogP contribution in [-0.2, 0) is 6.42 Å². The van der Waals surface area contributed by atoms with Gasteiger partial charge in [-0.05, 0) is 24.6 Å². The van der Waals surface area contributed by atoms with Crippen molar-refractivity contribution >= 4 is 22.8 Å². The molecule has 128 valence electrons. The number of pyridine rings is 2. The summed E-state index contributed by atoms with van der Waals surface area (Å²) in [5.74, 6) is 0.952. The molecule has 0 N–H and O–H groups in total. The van der Waals surface area contributed by atoms with Gasteiger partial charge in [0.15, 0.2) is 0 Å². The van der Waals surface area contributed by atoms with Crippen LogP contribution >= 0.6 is 0 Å². The standard InChI is InChI=1S/C18H19N5O2/c1-2-15-14-11-13(12-20-17(14)25-21-15)18(24)23-9-7-22(8-10-23)16-5-3-4-6-19-16/h3-6,11-12H,2,7-10H2,1H3. The molecular formula is C18H19N5O2. The second-order valence-corrected chi connectivity index (χ2v) is 6.03. The average Bonchev–Trinajstić information content (AvgIpc) is 3.10. The third kappa shape index (κ3) is 2.93. The summed E-state index contributed by atoms with van der Waals surface area (Å²) < 4.78 is 5.18.